The van der Waals surface area contributed by atoms with Crippen LogP contribution in [0.4, 0.5) is 0 Å². The first-order valence-electron chi connectivity index (χ1n) is 13.5. The lowest BCUT2D eigenvalue weighted by molar-refractivity contribution is -0.141. The quantitative estimate of drug-likeness (QED) is 0.115. The Bertz CT molecular complexity index is 1230. The summed E-state index contributed by atoms with van der Waals surface area (Å²) >= 11 is 0. The van der Waals surface area contributed by atoms with Crippen molar-refractivity contribution in [1.29, 1.82) is 0 Å². The highest BCUT2D eigenvalue weighted by Gasteiger charge is 2.15. The van der Waals surface area contributed by atoms with E-state index in [1.54, 1.807) is 25.1 Å². The Morgan fingerprint density at radius 2 is 1.57 bits per heavy atom. The van der Waals surface area contributed by atoms with Crippen LogP contribution in [-0.2, 0) is 33.7 Å². The number of rotatable bonds is 16. The van der Waals surface area contributed by atoms with Gasteiger partial charge in [-0.3, -0.25) is 4.79 Å². The topological polar surface area (TPSA) is 80.3 Å². The highest BCUT2D eigenvalue weighted by Crippen LogP contribution is 2.23. The third-order valence-corrected chi connectivity index (χ3v) is 5.76. The number of hydrogen-bond donors (Lipinski definition) is 0. The summed E-state index contributed by atoms with van der Waals surface area (Å²) in [5.74, 6) is 1.32. The smallest absolute Gasteiger partial charge is 0.338 e. The van der Waals surface area contributed by atoms with Gasteiger partial charge in [-0.05, 0) is 87.2 Å². The molecule has 0 atom stereocenters. The molecule has 0 aliphatic rings. The van der Waals surface area contributed by atoms with Gasteiger partial charge in [0.25, 0.3) is 0 Å². The lowest BCUT2D eigenvalue weighted by Crippen LogP contribution is -2.12. The zero-order valence-corrected chi connectivity index (χ0v) is 23.5. The Balaban J connectivity index is 1.49. The molecule has 212 valence electrons. The molecule has 0 amide bonds. The average molecular weight is 547 g/mol. The molecule has 3 rings (SSSR count). The van der Waals surface area contributed by atoms with Gasteiger partial charge in [-0.1, -0.05) is 36.9 Å². The fourth-order valence-corrected chi connectivity index (χ4v) is 3.87. The summed E-state index contributed by atoms with van der Waals surface area (Å²) in [5.41, 5.74) is 3.17. The molecule has 0 radical (unpaired) electrons. The highest BCUT2D eigenvalue weighted by atomic mass is 16.5. The SMILES string of the molecule is C=CCOC(=O)Cc1cc(C(=O)OCC)ccc1OCCCc1ccc(OCc2ccc(OC(C)C)cc2)cc1. The van der Waals surface area contributed by atoms with Gasteiger partial charge < -0.3 is 23.7 Å². The highest BCUT2D eigenvalue weighted by molar-refractivity contribution is 5.90. The van der Waals surface area contributed by atoms with E-state index in [4.69, 9.17) is 23.7 Å². The maximum Gasteiger partial charge on any atom is 0.338 e. The van der Waals surface area contributed by atoms with Crippen LogP contribution in [0.1, 0.15) is 54.2 Å². The lowest BCUT2D eigenvalue weighted by atomic mass is 10.1. The molecule has 0 N–H and O–H groups in total. The summed E-state index contributed by atoms with van der Waals surface area (Å²) in [6.07, 6.45) is 3.21. The minimum Gasteiger partial charge on any atom is -0.493 e. The standard InChI is InChI=1S/C33H38O7/c1-5-19-38-32(34)22-28-21-27(33(35)36-6-2)13-18-31(28)37-20-7-8-25-9-14-29(15-10-25)39-23-26-11-16-30(17-12-26)40-24(3)4/h5,9-18,21,24H,1,6-8,19-20,22-23H2,2-4H3. The average Bonchev–Trinajstić information content (AvgIpc) is 2.95. The molecule has 0 aliphatic carbocycles. The van der Waals surface area contributed by atoms with Crippen molar-refractivity contribution in [3.05, 3.63) is 102 Å². The van der Waals surface area contributed by atoms with E-state index in [0.29, 0.717) is 30.1 Å². The second-order valence-corrected chi connectivity index (χ2v) is 9.39. The van der Waals surface area contributed by atoms with Crippen LogP contribution >= 0.6 is 0 Å². The molecule has 0 aromatic heterocycles. The fraction of sp³-hybridized carbons (Fsp3) is 0.333. The van der Waals surface area contributed by atoms with E-state index in [0.717, 1.165) is 35.5 Å². The van der Waals surface area contributed by atoms with Gasteiger partial charge in [0.1, 0.15) is 30.5 Å². The van der Waals surface area contributed by atoms with E-state index < -0.39 is 11.9 Å². The van der Waals surface area contributed by atoms with Gasteiger partial charge in [0.2, 0.25) is 0 Å². The number of benzene rings is 3. The van der Waals surface area contributed by atoms with Gasteiger partial charge in [-0.15, -0.1) is 0 Å². The molecule has 0 bridgehead atoms. The predicted octanol–water partition coefficient (Wildman–Crippen LogP) is 6.51. The van der Waals surface area contributed by atoms with Crippen molar-refractivity contribution in [2.75, 3.05) is 19.8 Å². The summed E-state index contributed by atoms with van der Waals surface area (Å²) in [6.45, 7) is 10.6. The minimum atomic E-state index is -0.448. The molecule has 0 heterocycles. The number of hydrogen-bond acceptors (Lipinski definition) is 7. The van der Waals surface area contributed by atoms with Crippen molar-refractivity contribution in [1.82, 2.24) is 0 Å². The maximum absolute atomic E-state index is 12.2. The Morgan fingerprint density at radius 3 is 2.25 bits per heavy atom. The molecule has 7 heteroatoms. The molecule has 3 aromatic rings. The van der Waals surface area contributed by atoms with E-state index in [2.05, 4.69) is 6.58 Å². The number of carbonyl (C=O) groups is 2. The Labute approximate surface area is 236 Å². The third-order valence-electron chi connectivity index (χ3n) is 5.76. The van der Waals surface area contributed by atoms with Crippen LogP contribution in [0.15, 0.2) is 79.4 Å². The van der Waals surface area contributed by atoms with E-state index in [-0.39, 0.29) is 25.7 Å². The Kier molecular flexibility index (Phi) is 12.1. The van der Waals surface area contributed by atoms with Crippen LogP contribution < -0.4 is 14.2 Å². The van der Waals surface area contributed by atoms with Crippen LogP contribution in [0.25, 0.3) is 0 Å². The van der Waals surface area contributed by atoms with Crippen LogP contribution in [0.5, 0.6) is 17.2 Å². The van der Waals surface area contributed by atoms with E-state index in [9.17, 15) is 9.59 Å². The summed E-state index contributed by atoms with van der Waals surface area (Å²) < 4.78 is 27.8. The minimum absolute atomic E-state index is 0.0201. The predicted molar refractivity (Wildman–Crippen MR) is 154 cm³/mol. The van der Waals surface area contributed by atoms with Crippen LogP contribution in [0, 0.1) is 0 Å². The fourth-order valence-electron chi connectivity index (χ4n) is 3.87. The molecule has 0 spiro atoms. The second kappa shape index (κ2) is 16.0. The molecule has 0 aliphatic heterocycles. The van der Waals surface area contributed by atoms with Gasteiger partial charge >= 0.3 is 11.9 Å². The summed E-state index contributed by atoms with van der Waals surface area (Å²) in [6, 6.07) is 20.9. The van der Waals surface area contributed by atoms with Crippen molar-refractivity contribution < 1.29 is 33.3 Å². The van der Waals surface area contributed by atoms with Gasteiger partial charge in [0.05, 0.1) is 31.3 Å². The normalized spacial score (nSPS) is 10.6. The Hall–Kier alpha value is -4.26. The molecule has 0 saturated heterocycles. The molecule has 0 fully saturated rings. The molecule has 3 aromatic carbocycles. The largest absolute Gasteiger partial charge is 0.493 e. The summed E-state index contributed by atoms with van der Waals surface area (Å²) in [7, 11) is 0. The first-order chi connectivity index (χ1) is 19.4. The van der Waals surface area contributed by atoms with E-state index in [1.807, 2.05) is 62.4 Å². The zero-order chi connectivity index (χ0) is 28.7. The third kappa shape index (κ3) is 10.1. The van der Waals surface area contributed by atoms with Gasteiger partial charge in [-0.25, -0.2) is 4.79 Å². The maximum atomic E-state index is 12.2. The van der Waals surface area contributed by atoms with Gasteiger partial charge in [0.15, 0.2) is 0 Å². The summed E-state index contributed by atoms with van der Waals surface area (Å²) in [5, 5.41) is 0. The monoisotopic (exact) mass is 546 g/mol. The molecule has 0 unspecified atom stereocenters. The molecule has 40 heavy (non-hydrogen) atoms. The van der Waals surface area contributed by atoms with E-state index >= 15 is 0 Å². The van der Waals surface area contributed by atoms with Crippen LogP contribution in [0.2, 0.25) is 0 Å². The molecule has 7 nitrogen and oxygen atoms in total. The van der Waals surface area contributed by atoms with Crippen LogP contribution in [-0.4, -0.2) is 37.9 Å². The molecular formula is C33H38O7. The van der Waals surface area contributed by atoms with Crippen molar-refractivity contribution in [2.45, 2.75) is 52.7 Å². The number of esters is 2. The van der Waals surface area contributed by atoms with Crippen molar-refractivity contribution >= 4 is 11.9 Å². The number of aryl methyl sites for hydroxylation is 1. The van der Waals surface area contributed by atoms with Crippen LogP contribution in [0.3, 0.4) is 0 Å². The first kappa shape index (κ1) is 30.3. The van der Waals surface area contributed by atoms with Gasteiger partial charge in [-0.2, -0.15) is 0 Å². The number of ether oxygens (including phenoxy) is 5. The Morgan fingerprint density at radius 1 is 0.875 bits per heavy atom. The number of carbonyl (C=O) groups excluding carboxylic acids is 2. The molecule has 0 saturated carbocycles. The zero-order valence-electron chi connectivity index (χ0n) is 23.5. The van der Waals surface area contributed by atoms with E-state index in [1.165, 1.54) is 6.08 Å². The first-order valence-corrected chi connectivity index (χ1v) is 13.5. The van der Waals surface area contributed by atoms with Gasteiger partial charge in [0, 0.05) is 5.56 Å². The summed E-state index contributed by atoms with van der Waals surface area (Å²) in [4.78, 5) is 24.3. The van der Waals surface area contributed by atoms with Crippen molar-refractivity contribution in [3.63, 3.8) is 0 Å². The lowest BCUT2D eigenvalue weighted by Gasteiger charge is -2.13. The second-order valence-electron chi connectivity index (χ2n) is 9.39. The van der Waals surface area contributed by atoms with Crippen molar-refractivity contribution in [2.24, 2.45) is 0 Å². The molecular weight excluding hydrogens is 508 g/mol. The van der Waals surface area contributed by atoms with Crippen molar-refractivity contribution in [3.8, 4) is 17.2 Å².